The van der Waals surface area contributed by atoms with Crippen LogP contribution >= 0.6 is 11.8 Å². The molecule has 1 saturated heterocycles. The molecule has 0 aliphatic carbocycles. The average molecular weight is 250 g/mol. The molecule has 1 aliphatic rings. The summed E-state index contributed by atoms with van der Waals surface area (Å²) in [7, 11) is 1.91. The molecule has 1 fully saturated rings. The van der Waals surface area contributed by atoms with E-state index >= 15 is 0 Å². The van der Waals surface area contributed by atoms with Crippen molar-refractivity contribution in [3.63, 3.8) is 0 Å². The summed E-state index contributed by atoms with van der Waals surface area (Å²) in [6, 6.07) is 8.53. The van der Waals surface area contributed by atoms with E-state index in [1.807, 2.05) is 35.8 Å². The van der Waals surface area contributed by atoms with Crippen LogP contribution in [0.4, 0.5) is 5.69 Å². The van der Waals surface area contributed by atoms with Crippen molar-refractivity contribution in [3.05, 3.63) is 24.3 Å². The van der Waals surface area contributed by atoms with Gasteiger partial charge in [0.15, 0.2) is 0 Å². The highest BCUT2D eigenvalue weighted by Gasteiger charge is 2.29. The number of thioether (sulfide) groups is 1. The number of nitrogens with zero attached hydrogens (tertiary/aromatic N) is 1. The lowest BCUT2D eigenvalue weighted by molar-refractivity contribution is -0.117. The van der Waals surface area contributed by atoms with Crippen molar-refractivity contribution in [2.24, 2.45) is 0 Å². The molecular formula is C13H18N2OS. The van der Waals surface area contributed by atoms with Gasteiger partial charge in [-0.25, -0.2) is 0 Å². The predicted octanol–water partition coefficient (Wildman–Crippen LogP) is 2.12. The van der Waals surface area contributed by atoms with Crippen LogP contribution in [0.3, 0.4) is 0 Å². The molecule has 0 bridgehead atoms. The fourth-order valence-corrected chi connectivity index (χ4v) is 2.70. The number of rotatable bonds is 4. The van der Waals surface area contributed by atoms with Crippen molar-refractivity contribution in [1.82, 2.24) is 5.32 Å². The van der Waals surface area contributed by atoms with Gasteiger partial charge in [0.1, 0.15) is 0 Å². The quantitative estimate of drug-likeness (QED) is 0.831. The molecule has 1 amide bonds. The van der Waals surface area contributed by atoms with E-state index in [-0.39, 0.29) is 11.9 Å². The Morgan fingerprint density at radius 3 is 2.65 bits per heavy atom. The first-order valence-electron chi connectivity index (χ1n) is 5.95. The third kappa shape index (κ3) is 2.82. The second-order valence-corrected chi connectivity index (χ2v) is 5.46. The summed E-state index contributed by atoms with van der Waals surface area (Å²) in [5, 5.41) is 3.16. The number of anilines is 1. The Balaban J connectivity index is 2.09. The smallest absolute Gasteiger partial charge is 0.228 e. The van der Waals surface area contributed by atoms with Gasteiger partial charge in [-0.05, 0) is 37.1 Å². The van der Waals surface area contributed by atoms with E-state index in [1.165, 1.54) is 4.90 Å². The molecule has 1 aromatic rings. The van der Waals surface area contributed by atoms with Crippen molar-refractivity contribution in [2.75, 3.05) is 24.2 Å². The molecule has 92 valence electrons. The van der Waals surface area contributed by atoms with Gasteiger partial charge in [0.25, 0.3) is 0 Å². The molecule has 4 heteroatoms. The van der Waals surface area contributed by atoms with Crippen LogP contribution in [0.15, 0.2) is 29.2 Å². The van der Waals surface area contributed by atoms with Gasteiger partial charge in [-0.1, -0.05) is 6.92 Å². The van der Waals surface area contributed by atoms with Crippen LogP contribution < -0.4 is 10.2 Å². The standard InChI is InChI=1S/C13H18N2OS/c1-3-17-12-6-4-11(5-7-12)15-9-10(14-2)8-13(15)16/h4-7,10,14H,3,8-9H2,1-2H3. The van der Waals surface area contributed by atoms with E-state index < -0.39 is 0 Å². The third-order valence-electron chi connectivity index (χ3n) is 2.99. The molecule has 1 heterocycles. The van der Waals surface area contributed by atoms with Gasteiger partial charge in [0.2, 0.25) is 5.91 Å². The summed E-state index contributed by atoms with van der Waals surface area (Å²) in [5.74, 6) is 1.28. The van der Waals surface area contributed by atoms with E-state index in [9.17, 15) is 4.79 Å². The van der Waals surface area contributed by atoms with Crippen molar-refractivity contribution in [2.45, 2.75) is 24.3 Å². The predicted molar refractivity (Wildman–Crippen MR) is 72.7 cm³/mol. The Morgan fingerprint density at radius 2 is 2.12 bits per heavy atom. The molecule has 2 rings (SSSR count). The minimum Gasteiger partial charge on any atom is -0.315 e. The zero-order valence-electron chi connectivity index (χ0n) is 10.3. The Labute approximate surface area is 107 Å². The Hall–Kier alpha value is -1.00. The lowest BCUT2D eigenvalue weighted by atomic mass is 10.3. The molecule has 1 aromatic carbocycles. The van der Waals surface area contributed by atoms with Crippen LogP contribution in [0, 0.1) is 0 Å². The normalized spacial score (nSPS) is 20.0. The van der Waals surface area contributed by atoms with Gasteiger partial charge in [0.05, 0.1) is 0 Å². The first-order valence-corrected chi connectivity index (χ1v) is 6.93. The topological polar surface area (TPSA) is 32.3 Å². The van der Waals surface area contributed by atoms with Crippen LogP contribution in [0.2, 0.25) is 0 Å². The molecule has 1 unspecified atom stereocenters. The molecule has 0 spiro atoms. The fraction of sp³-hybridized carbons (Fsp3) is 0.462. The zero-order chi connectivity index (χ0) is 12.3. The van der Waals surface area contributed by atoms with Gasteiger partial charge < -0.3 is 10.2 Å². The maximum absolute atomic E-state index is 11.8. The number of hydrogen-bond donors (Lipinski definition) is 1. The summed E-state index contributed by atoms with van der Waals surface area (Å²) in [6.07, 6.45) is 0.599. The first-order chi connectivity index (χ1) is 8.24. The molecule has 3 nitrogen and oxygen atoms in total. The second-order valence-electron chi connectivity index (χ2n) is 4.12. The molecule has 1 atom stereocenters. The van der Waals surface area contributed by atoms with Crippen LogP contribution in [0.1, 0.15) is 13.3 Å². The lowest BCUT2D eigenvalue weighted by Crippen LogP contribution is -2.30. The summed E-state index contributed by atoms with van der Waals surface area (Å²) in [4.78, 5) is 15.0. The maximum atomic E-state index is 11.8. The van der Waals surface area contributed by atoms with Gasteiger partial charge >= 0.3 is 0 Å². The highest BCUT2D eigenvalue weighted by Crippen LogP contribution is 2.25. The molecule has 0 radical (unpaired) electrons. The second kappa shape index (κ2) is 5.56. The monoisotopic (exact) mass is 250 g/mol. The van der Waals surface area contributed by atoms with Crippen LogP contribution in [0.5, 0.6) is 0 Å². The van der Waals surface area contributed by atoms with E-state index in [2.05, 4.69) is 24.4 Å². The number of nitrogens with one attached hydrogen (secondary N) is 1. The molecular weight excluding hydrogens is 232 g/mol. The number of carbonyl (C=O) groups is 1. The zero-order valence-corrected chi connectivity index (χ0v) is 11.1. The van der Waals surface area contributed by atoms with Crippen molar-refractivity contribution in [1.29, 1.82) is 0 Å². The number of hydrogen-bond acceptors (Lipinski definition) is 3. The van der Waals surface area contributed by atoms with Crippen LogP contribution in [-0.4, -0.2) is 31.3 Å². The van der Waals surface area contributed by atoms with Gasteiger partial charge in [-0.2, -0.15) is 0 Å². The Kier molecular flexibility index (Phi) is 4.07. The summed E-state index contributed by atoms with van der Waals surface area (Å²) >= 11 is 1.82. The van der Waals surface area contributed by atoms with Crippen molar-refractivity contribution < 1.29 is 4.79 Å². The third-order valence-corrected chi connectivity index (χ3v) is 3.89. The molecule has 0 aromatic heterocycles. The van der Waals surface area contributed by atoms with Gasteiger partial charge in [-0.15, -0.1) is 11.8 Å². The van der Waals surface area contributed by atoms with Gasteiger partial charge in [-0.3, -0.25) is 4.79 Å². The van der Waals surface area contributed by atoms with E-state index in [4.69, 9.17) is 0 Å². The molecule has 0 saturated carbocycles. The number of likely N-dealkylation sites (N-methyl/N-ethyl adjacent to an activating group) is 1. The highest BCUT2D eigenvalue weighted by atomic mass is 32.2. The first kappa shape index (κ1) is 12.5. The summed E-state index contributed by atoms with van der Waals surface area (Å²) < 4.78 is 0. The molecule has 1 aliphatic heterocycles. The van der Waals surface area contributed by atoms with Gasteiger partial charge in [0, 0.05) is 29.6 Å². The summed E-state index contributed by atoms with van der Waals surface area (Å²) in [5.41, 5.74) is 1.01. The number of carbonyl (C=O) groups excluding carboxylic acids is 1. The molecule has 1 N–H and O–H groups in total. The number of benzene rings is 1. The lowest BCUT2D eigenvalue weighted by Gasteiger charge is -2.16. The van der Waals surface area contributed by atoms with Crippen molar-refractivity contribution in [3.8, 4) is 0 Å². The van der Waals surface area contributed by atoms with E-state index in [0.717, 1.165) is 18.0 Å². The van der Waals surface area contributed by atoms with Crippen molar-refractivity contribution >= 4 is 23.4 Å². The summed E-state index contributed by atoms with van der Waals surface area (Å²) in [6.45, 7) is 2.91. The Bertz CT molecular complexity index is 391. The minimum absolute atomic E-state index is 0.209. The van der Waals surface area contributed by atoms with E-state index in [0.29, 0.717) is 6.42 Å². The minimum atomic E-state index is 0.209. The van der Waals surface area contributed by atoms with E-state index in [1.54, 1.807) is 0 Å². The maximum Gasteiger partial charge on any atom is 0.228 e. The molecule has 17 heavy (non-hydrogen) atoms. The van der Waals surface area contributed by atoms with Crippen LogP contribution in [0.25, 0.3) is 0 Å². The largest absolute Gasteiger partial charge is 0.315 e. The SMILES string of the molecule is CCSc1ccc(N2CC(NC)CC2=O)cc1. The number of amides is 1. The van der Waals surface area contributed by atoms with Crippen LogP contribution in [-0.2, 0) is 4.79 Å². The highest BCUT2D eigenvalue weighted by molar-refractivity contribution is 7.99. The average Bonchev–Trinajstić information content (AvgIpc) is 2.72. The Morgan fingerprint density at radius 1 is 1.41 bits per heavy atom. The fourth-order valence-electron chi connectivity index (χ4n) is 2.04.